The molecule has 0 aliphatic heterocycles. The predicted molar refractivity (Wildman–Crippen MR) is 85.7 cm³/mol. The summed E-state index contributed by atoms with van der Waals surface area (Å²) in [5, 5.41) is 30.8. The summed E-state index contributed by atoms with van der Waals surface area (Å²) < 4.78 is 0. The van der Waals surface area contributed by atoms with E-state index >= 15 is 0 Å². The summed E-state index contributed by atoms with van der Waals surface area (Å²) in [6.45, 7) is 4.09. The molecular weight excluding hydrogens is 292 g/mol. The molecule has 1 spiro atoms. The SMILES string of the molecule is C[C@@]1(O)[C@H](O)CC[C@@]2(C)[C@@H]3CC[C@@H]4C[C@]3(C=C4C(=O)O)CC[C@H]12. The first kappa shape index (κ1) is 15.6. The molecule has 4 heteroatoms. The van der Waals surface area contributed by atoms with Crippen LogP contribution in [-0.2, 0) is 4.79 Å². The lowest BCUT2D eigenvalue weighted by Gasteiger charge is -2.63. The molecular formula is C19H28O4. The van der Waals surface area contributed by atoms with E-state index < -0.39 is 17.7 Å². The summed E-state index contributed by atoms with van der Waals surface area (Å²) in [6, 6.07) is 0. The fourth-order valence-electron chi connectivity index (χ4n) is 7.05. The second-order valence-electron chi connectivity index (χ2n) is 9.05. The largest absolute Gasteiger partial charge is 0.478 e. The van der Waals surface area contributed by atoms with Gasteiger partial charge < -0.3 is 15.3 Å². The molecule has 4 aliphatic rings. The first-order valence-electron chi connectivity index (χ1n) is 9.07. The quantitative estimate of drug-likeness (QED) is 0.694. The Morgan fingerprint density at radius 1 is 1.13 bits per heavy atom. The van der Waals surface area contributed by atoms with E-state index in [0.29, 0.717) is 17.9 Å². The highest BCUT2D eigenvalue weighted by Crippen LogP contribution is 2.69. The Hall–Kier alpha value is -0.870. The number of carbonyl (C=O) groups is 1. The van der Waals surface area contributed by atoms with Crippen molar-refractivity contribution in [1.29, 1.82) is 0 Å². The van der Waals surface area contributed by atoms with Crippen molar-refractivity contribution < 1.29 is 20.1 Å². The molecule has 3 saturated carbocycles. The molecule has 128 valence electrons. The van der Waals surface area contributed by atoms with Gasteiger partial charge in [-0.05, 0) is 80.5 Å². The molecule has 3 fully saturated rings. The number of fused-ring (bicyclic) bond motifs is 3. The van der Waals surface area contributed by atoms with E-state index in [4.69, 9.17) is 0 Å². The number of hydrogen-bond acceptors (Lipinski definition) is 3. The molecule has 7 atom stereocenters. The molecule has 0 unspecified atom stereocenters. The normalized spacial score (nSPS) is 54.9. The lowest BCUT2D eigenvalue weighted by atomic mass is 9.42. The van der Waals surface area contributed by atoms with Gasteiger partial charge in [-0.2, -0.15) is 0 Å². The van der Waals surface area contributed by atoms with Crippen molar-refractivity contribution in [1.82, 2.24) is 0 Å². The van der Waals surface area contributed by atoms with Crippen LogP contribution < -0.4 is 0 Å². The molecule has 4 rings (SSSR count). The highest BCUT2D eigenvalue weighted by molar-refractivity contribution is 5.88. The van der Waals surface area contributed by atoms with E-state index in [2.05, 4.69) is 13.0 Å². The Morgan fingerprint density at radius 3 is 2.57 bits per heavy atom. The maximum absolute atomic E-state index is 11.6. The molecule has 0 aromatic carbocycles. The van der Waals surface area contributed by atoms with Crippen molar-refractivity contribution in [3.05, 3.63) is 11.6 Å². The van der Waals surface area contributed by atoms with Crippen LogP contribution in [0.1, 0.15) is 58.8 Å². The average molecular weight is 320 g/mol. The lowest BCUT2D eigenvalue weighted by molar-refractivity contribution is -0.215. The van der Waals surface area contributed by atoms with Gasteiger partial charge in [0.05, 0.1) is 11.7 Å². The van der Waals surface area contributed by atoms with Crippen LogP contribution in [0.2, 0.25) is 0 Å². The van der Waals surface area contributed by atoms with Gasteiger partial charge in [0, 0.05) is 5.57 Å². The molecule has 4 aliphatic carbocycles. The van der Waals surface area contributed by atoms with Gasteiger partial charge in [0.25, 0.3) is 0 Å². The summed E-state index contributed by atoms with van der Waals surface area (Å²) in [4.78, 5) is 11.6. The Kier molecular flexibility index (Phi) is 3.13. The minimum absolute atomic E-state index is 0.00357. The number of aliphatic hydroxyl groups excluding tert-OH is 1. The van der Waals surface area contributed by atoms with Gasteiger partial charge in [0.15, 0.2) is 0 Å². The third-order valence-corrected chi connectivity index (χ3v) is 8.08. The Labute approximate surface area is 137 Å². The topological polar surface area (TPSA) is 77.8 Å². The van der Waals surface area contributed by atoms with E-state index in [9.17, 15) is 20.1 Å². The van der Waals surface area contributed by atoms with Crippen molar-refractivity contribution in [2.45, 2.75) is 70.5 Å². The van der Waals surface area contributed by atoms with Crippen LogP contribution >= 0.6 is 0 Å². The zero-order valence-corrected chi connectivity index (χ0v) is 14.1. The predicted octanol–water partition coefficient (Wildman–Crippen LogP) is 2.74. The molecule has 0 aromatic rings. The number of hydrogen-bond donors (Lipinski definition) is 3. The van der Waals surface area contributed by atoms with Crippen molar-refractivity contribution in [2.24, 2.45) is 28.6 Å². The third-order valence-electron chi connectivity index (χ3n) is 8.08. The van der Waals surface area contributed by atoms with Crippen LogP contribution in [0, 0.1) is 28.6 Å². The lowest BCUT2D eigenvalue weighted by Crippen LogP contribution is -2.63. The van der Waals surface area contributed by atoms with E-state index in [1.165, 1.54) is 0 Å². The summed E-state index contributed by atoms with van der Waals surface area (Å²) in [5.74, 6) is 0.0125. The van der Waals surface area contributed by atoms with Crippen molar-refractivity contribution >= 4 is 5.97 Å². The summed E-state index contributed by atoms with van der Waals surface area (Å²) in [7, 11) is 0. The Morgan fingerprint density at radius 2 is 1.87 bits per heavy atom. The zero-order valence-electron chi connectivity index (χ0n) is 14.1. The van der Waals surface area contributed by atoms with Gasteiger partial charge in [0.1, 0.15) is 0 Å². The minimum Gasteiger partial charge on any atom is -0.478 e. The first-order valence-corrected chi connectivity index (χ1v) is 9.07. The standard InChI is InChI=1S/C19H28O4/c1-17-7-6-15(20)18(2,23)13(17)5-8-19-9-11(3-4-14(17)19)12(10-19)16(21)22/h10-11,13-15,20,23H,3-9H2,1-2H3,(H,21,22)/t11-,13+,14+,15-,17-,18+,19+/m1/s1. The molecule has 4 nitrogen and oxygen atoms in total. The summed E-state index contributed by atoms with van der Waals surface area (Å²) in [6.07, 6.45) is 7.86. The summed E-state index contributed by atoms with van der Waals surface area (Å²) >= 11 is 0. The maximum Gasteiger partial charge on any atom is 0.331 e. The molecule has 0 heterocycles. The van der Waals surface area contributed by atoms with Crippen LogP contribution in [-0.4, -0.2) is 33.0 Å². The fraction of sp³-hybridized carbons (Fsp3) is 0.842. The number of allylic oxidation sites excluding steroid dienone is 1. The van der Waals surface area contributed by atoms with Gasteiger partial charge in [0.2, 0.25) is 0 Å². The third kappa shape index (κ3) is 1.88. The Bertz CT molecular complexity index is 580. The van der Waals surface area contributed by atoms with Crippen LogP contribution in [0.4, 0.5) is 0 Å². The second-order valence-corrected chi connectivity index (χ2v) is 9.05. The molecule has 23 heavy (non-hydrogen) atoms. The van der Waals surface area contributed by atoms with E-state index in [-0.39, 0.29) is 22.7 Å². The minimum atomic E-state index is -1.02. The van der Waals surface area contributed by atoms with Crippen LogP contribution in [0.15, 0.2) is 11.6 Å². The number of rotatable bonds is 1. The van der Waals surface area contributed by atoms with E-state index in [1.54, 1.807) is 6.92 Å². The smallest absolute Gasteiger partial charge is 0.331 e. The molecule has 0 aromatic heterocycles. The van der Waals surface area contributed by atoms with Gasteiger partial charge in [-0.15, -0.1) is 0 Å². The summed E-state index contributed by atoms with van der Waals surface area (Å²) in [5.41, 5.74) is -0.378. The zero-order chi connectivity index (χ0) is 16.6. The van der Waals surface area contributed by atoms with Gasteiger partial charge in [-0.3, -0.25) is 0 Å². The molecule has 0 radical (unpaired) electrons. The van der Waals surface area contributed by atoms with E-state index in [1.807, 2.05) is 0 Å². The van der Waals surface area contributed by atoms with Gasteiger partial charge in [-0.25, -0.2) is 4.79 Å². The van der Waals surface area contributed by atoms with Gasteiger partial charge in [-0.1, -0.05) is 13.0 Å². The highest BCUT2D eigenvalue weighted by atomic mass is 16.4. The molecule has 2 bridgehead atoms. The number of carboxylic acid groups (broad SMARTS) is 1. The van der Waals surface area contributed by atoms with Crippen LogP contribution in [0.3, 0.4) is 0 Å². The number of aliphatic hydroxyl groups is 2. The Balaban J connectivity index is 1.75. The first-order chi connectivity index (χ1) is 10.7. The maximum atomic E-state index is 11.6. The van der Waals surface area contributed by atoms with Crippen molar-refractivity contribution in [3.8, 4) is 0 Å². The second kappa shape index (κ2) is 4.60. The molecule has 0 amide bonds. The van der Waals surface area contributed by atoms with Crippen molar-refractivity contribution in [2.75, 3.05) is 0 Å². The van der Waals surface area contributed by atoms with E-state index in [0.717, 1.165) is 38.5 Å². The van der Waals surface area contributed by atoms with Gasteiger partial charge >= 0.3 is 5.97 Å². The highest BCUT2D eigenvalue weighted by Gasteiger charge is 2.64. The monoisotopic (exact) mass is 320 g/mol. The fourth-order valence-corrected chi connectivity index (χ4v) is 7.05. The van der Waals surface area contributed by atoms with Crippen LogP contribution in [0.5, 0.6) is 0 Å². The molecule has 3 N–H and O–H groups in total. The van der Waals surface area contributed by atoms with Crippen molar-refractivity contribution in [3.63, 3.8) is 0 Å². The van der Waals surface area contributed by atoms with Crippen LogP contribution in [0.25, 0.3) is 0 Å². The number of aliphatic carboxylic acids is 1. The molecule has 0 saturated heterocycles. The number of carboxylic acids is 1. The average Bonchev–Trinajstić information content (AvgIpc) is 2.75.